The Hall–Kier alpha value is -0.930. The van der Waals surface area contributed by atoms with E-state index in [9.17, 15) is 26.4 Å². The SMILES string of the molecule is O=C(CSc1cccc(C(F)(F)F)c1)N[C@H]1CS(=O)(=O)C[C@@H]1Cl. The number of sulfone groups is 1. The lowest BCUT2D eigenvalue weighted by atomic mass is 10.2. The van der Waals surface area contributed by atoms with Crippen LogP contribution < -0.4 is 5.32 Å². The Kier molecular flexibility index (Phi) is 5.52. The van der Waals surface area contributed by atoms with E-state index in [1.54, 1.807) is 0 Å². The largest absolute Gasteiger partial charge is 0.416 e. The van der Waals surface area contributed by atoms with Crippen LogP contribution in [0.2, 0.25) is 0 Å². The average Bonchev–Trinajstić information content (AvgIpc) is 2.68. The smallest absolute Gasteiger partial charge is 0.350 e. The number of benzene rings is 1. The Morgan fingerprint density at radius 1 is 1.35 bits per heavy atom. The predicted octanol–water partition coefficient (Wildman–Crippen LogP) is 2.32. The minimum absolute atomic E-state index is 0.124. The summed E-state index contributed by atoms with van der Waals surface area (Å²) in [6.07, 6.45) is -4.44. The summed E-state index contributed by atoms with van der Waals surface area (Å²) in [4.78, 5) is 12.1. The van der Waals surface area contributed by atoms with Gasteiger partial charge in [-0.25, -0.2) is 8.42 Å². The molecule has 10 heteroatoms. The normalized spacial score (nSPS) is 23.7. The summed E-state index contributed by atoms with van der Waals surface area (Å²) in [5, 5.41) is 1.81. The zero-order chi connectivity index (χ0) is 17.3. The van der Waals surface area contributed by atoms with E-state index in [1.807, 2.05) is 0 Å². The number of halogens is 4. The van der Waals surface area contributed by atoms with Crippen LogP contribution in [0.3, 0.4) is 0 Å². The van der Waals surface area contributed by atoms with Crippen LogP contribution in [0.15, 0.2) is 29.2 Å². The summed E-state index contributed by atoms with van der Waals surface area (Å²) in [7, 11) is -3.26. The molecule has 1 aliphatic heterocycles. The maximum atomic E-state index is 12.6. The van der Waals surface area contributed by atoms with Crippen molar-refractivity contribution < 1.29 is 26.4 Å². The lowest BCUT2D eigenvalue weighted by Crippen LogP contribution is -2.41. The van der Waals surface area contributed by atoms with Crippen LogP contribution in [0.5, 0.6) is 0 Å². The Morgan fingerprint density at radius 2 is 2.04 bits per heavy atom. The summed E-state index contributed by atoms with van der Waals surface area (Å²) >= 11 is 6.81. The van der Waals surface area contributed by atoms with Crippen LogP contribution in [0.4, 0.5) is 13.2 Å². The molecule has 0 radical (unpaired) electrons. The van der Waals surface area contributed by atoms with E-state index in [1.165, 1.54) is 12.1 Å². The van der Waals surface area contributed by atoms with Gasteiger partial charge >= 0.3 is 6.18 Å². The molecule has 0 bridgehead atoms. The fourth-order valence-corrected chi connectivity index (χ4v) is 5.41. The number of rotatable bonds is 4. The Morgan fingerprint density at radius 3 is 2.61 bits per heavy atom. The van der Waals surface area contributed by atoms with Gasteiger partial charge in [0.15, 0.2) is 9.84 Å². The van der Waals surface area contributed by atoms with Gasteiger partial charge in [0.1, 0.15) is 0 Å². The molecule has 1 aliphatic rings. The van der Waals surface area contributed by atoms with E-state index < -0.39 is 38.9 Å². The van der Waals surface area contributed by atoms with Gasteiger partial charge in [0, 0.05) is 4.90 Å². The lowest BCUT2D eigenvalue weighted by molar-refractivity contribution is -0.137. The van der Waals surface area contributed by atoms with Crippen molar-refractivity contribution in [3.8, 4) is 0 Å². The third-order valence-electron chi connectivity index (χ3n) is 3.16. The summed E-state index contributed by atoms with van der Waals surface area (Å²) in [5.41, 5.74) is -0.786. The first-order valence-corrected chi connectivity index (χ1v) is 9.75. The molecule has 1 amide bonds. The van der Waals surface area contributed by atoms with Crippen LogP contribution in [-0.2, 0) is 20.8 Å². The van der Waals surface area contributed by atoms with Gasteiger partial charge in [-0.15, -0.1) is 23.4 Å². The van der Waals surface area contributed by atoms with E-state index in [4.69, 9.17) is 11.6 Å². The van der Waals surface area contributed by atoms with Gasteiger partial charge in [0.2, 0.25) is 5.91 Å². The molecular weight excluding hydrogens is 375 g/mol. The van der Waals surface area contributed by atoms with Crippen molar-refractivity contribution in [1.29, 1.82) is 0 Å². The highest BCUT2D eigenvalue weighted by atomic mass is 35.5. The molecule has 23 heavy (non-hydrogen) atoms. The predicted molar refractivity (Wildman–Crippen MR) is 82.4 cm³/mol. The second-order valence-electron chi connectivity index (χ2n) is 5.08. The van der Waals surface area contributed by atoms with Crippen LogP contribution in [0.1, 0.15) is 5.56 Å². The van der Waals surface area contributed by atoms with Crippen molar-refractivity contribution in [2.75, 3.05) is 17.3 Å². The first-order valence-electron chi connectivity index (χ1n) is 6.51. The number of amides is 1. The molecule has 4 nitrogen and oxygen atoms in total. The Bertz CT molecular complexity index is 694. The second kappa shape index (κ2) is 6.90. The van der Waals surface area contributed by atoms with Crippen LogP contribution in [0, 0.1) is 0 Å². The first kappa shape index (κ1) is 18.4. The fraction of sp³-hybridized carbons (Fsp3) is 0.462. The summed E-state index contributed by atoms with van der Waals surface area (Å²) in [6.45, 7) is 0. The molecule has 0 aliphatic carbocycles. The van der Waals surface area contributed by atoms with Gasteiger partial charge in [-0.1, -0.05) is 6.07 Å². The zero-order valence-corrected chi connectivity index (χ0v) is 14.0. The molecule has 128 valence electrons. The zero-order valence-electron chi connectivity index (χ0n) is 11.6. The molecule has 1 saturated heterocycles. The molecule has 0 aromatic heterocycles. The third-order valence-corrected chi connectivity index (χ3v) is 6.53. The van der Waals surface area contributed by atoms with Crippen LogP contribution in [0.25, 0.3) is 0 Å². The number of alkyl halides is 4. The van der Waals surface area contributed by atoms with Crippen molar-refractivity contribution in [2.45, 2.75) is 22.5 Å². The monoisotopic (exact) mass is 387 g/mol. The Labute approximate surface area is 140 Å². The number of hydrogen-bond donors (Lipinski definition) is 1. The molecule has 2 atom stereocenters. The third kappa shape index (κ3) is 5.29. The van der Waals surface area contributed by atoms with Gasteiger partial charge in [0.05, 0.1) is 34.2 Å². The van der Waals surface area contributed by atoms with Gasteiger partial charge in [-0.05, 0) is 18.2 Å². The van der Waals surface area contributed by atoms with E-state index in [2.05, 4.69) is 5.32 Å². The van der Waals surface area contributed by atoms with Crippen molar-refractivity contribution in [1.82, 2.24) is 5.32 Å². The quantitative estimate of drug-likeness (QED) is 0.636. The topological polar surface area (TPSA) is 63.2 Å². The van der Waals surface area contributed by atoms with Crippen molar-refractivity contribution in [2.24, 2.45) is 0 Å². The van der Waals surface area contributed by atoms with Gasteiger partial charge in [-0.3, -0.25) is 4.79 Å². The number of carbonyl (C=O) groups excluding carboxylic acids is 1. The summed E-state index contributed by atoms with van der Waals surface area (Å²) in [6, 6.07) is 3.98. The van der Waals surface area contributed by atoms with E-state index in [0.717, 1.165) is 23.9 Å². The van der Waals surface area contributed by atoms with Gasteiger partial charge in [0.25, 0.3) is 0 Å². The van der Waals surface area contributed by atoms with E-state index in [0.29, 0.717) is 4.90 Å². The fourth-order valence-electron chi connectivity index (χ4n) is 2.10. The Balaban J connectivity index is 1.90. The lowest BCUT2D eigenvalue weighted by Gasteiger charge is -2.14. The number of nitrogens with one attached hydrogen (secondary N) is 1. The molecule has 1 fully saturated rings. The molecule has 0 spiro atoms. The van der Waals surface area contributed by atoms with E-state index in [-0.39, 0.29) is 17.3 Å². The maximum Gasteiger partial charge on any atom is 0.416 e. The summed E-state index contributed by atoms with van der Waals surface area (Å²) < 4.78 is 60.6. The molecule has 1 aromatic carbocycles. The number of hydrogen-bond acceptors (Lipinski definition) is 4. The second-order valence-corrected chi connectivity index (χ2v) is 8.84. The highest BCUT2D eigenvalue weighted by molar-refractivity contribution is 8.00. The van der Waals surface area contributed by atoms with Crippen molar-refractivity contribution in [3.05, 3.63) is 29.8 Å². The van der Waals surface area contributed by atoms with E-state index >= 15 is 0 Å². The molecular formula is C13H13ClF3NO3S2. The average molecular weight is 388 g/mol. The first-order chi connectivity index (χ1) is 10.6. The minimum atomic E-state index is -4.44. The van der Waals surface area contributed by atoms with Crippen LogP contribution >= 0.6 is 23.4 Å². The van der Waals surface area contributed by atoms with Gasteiger partial charge < -0.3 is 5.32 Å². The molecule has 1 heterocycles. The molecule has 1 aromatic rings. The maximum absolute atomic E-state index is 12.6. The molecule has 0 unspecified atom stereocenters. The molecule has 0 saturated carbocycles. The summed E-state index contributed by atoms with van der Waals surface area (Å²) in [5.74, 6) is -1.01. The van der Waals surface area contributed by atoms with Crippen molar-refractivity contribution in [3.63, 3.8) is 0 Å². The number of thioether (sulfide) groups is 1. The highest BCUT2D eigenvalue weighted by Crippen LogP contribution is 2.31. The number of carbonyl (C=O) groups is 1. The molecule has 2 rings (SSSR count). The highest BCUT2D eigenvalue weighted by Gasteiger charge is 2.37. The molecule has 1 N–H and O–H groups in total. The minimum Gasteiger partial charge on any atom is -0.350 e. The standard InChI is InChI=1S/C13H13ClF3NO3S2/c14-10-6-23(20,21)7-11(10)18-12(19)5-22-9-3-1-2-8(4-9)13(15,16)17/h1-4,10-11H,5-7H2,(H,18,19)/t10-,11-/m0/s1. The van der Waals surface area contributed by atoms with Gasteiger partial charge in [-0.2, -0.15) is 13.2 Å². The van der Waals surface area contributed by atoms with Crippen molar-refractivity contribution >= 4 is 39.1 Å². The van der Waals surface area contributed by atoms with Crippen LogP contribution in [-0.4, -0.2) is 43.0 Å².